The summed E-state index contributed by atoms with van der Waals surface area (Å²) in [5.74, 6) is 1.92. The summed E-state index contributed by atoms with van der Waals surface area (Å²) in [5.41, 5.74) is 0. The van der Waals surface area contributed by atoms with Gasteiger partial charge in [-0.15, -0.1) is 0 Å². The zero-order valence-electron chi connectivity index (χ0n) is 9.53. The van der Waals surface area contributed by atoms with Gasteiger partial charge >= 0.3 is 0 Å². The number of hydrogen-bond donors (Lipinski definition) is 0. The molecule has 1 atom stereocenters. The lowest BCUT2D eigenvalue weighted by atomic mass is 10.00. The van der Waals surface area contributed by atoms with Crippen LogP contribution >= 0.6 is 11.6 Å². The summed E-state index contributed by atoms with van der Waals surface area (Å²) in [6.45, 7) is 7.34. The van der Waals surface area contributed by atoms with Gasteiger partial charge in [-0.25, -0.2) is 4.98 Å². The van der Waals surface area contributed by atoms with Gasteiger partial charge in [0.2, 0.25) is 5.88 Å². The molecular weight excluding hydrogens is 210 g/mol. The van der Waals surface area contributed by atoms with Gasteiger partial charge in [-0.3, -0.25) is 0 Å². The minimum absolute atomic E-state index is 0.558. The zero-order valence-corrected chi connectivity index (χ0v) is 10.3. The third kappa shape index (κ3) is 5.03. The quantitative estimate of drug-likeness (QED) is 0.764. The fourth-order valence-corrected chi connectivity index (χ4v) is 1.66. The van der Waals surface area contributed by atoms with Crippen LogP contribution in [-0.2, 0) is 0 Å². The Labute approximate surface area is 96.6 Å². The van der Waals surface area contributed by atoms with E-state index in [0.29, 0.717) is 29.3 Å². The molecule has 0 amide bonds. The van der Waals surface area contributed by atoms with Gasteiger partial charge in [0, 0.05) is 12.3 Å². The van der Waals surface area contributed by atoms with E-state index >= 15 is 0 Å². The van der Waals surface area contributed by atoms with Crippen LogP contribution in [0.4, 0.5) is 0 Å². The fourth-order valence-electron chi connectivity index (χ4n) is 1.55. The van der Waals surface area contributed by atoms with E-state index in [1.54, 1.807) is 18.3 Å². The maximum absolute atomic E-state index is 5.73. The van der Waals surface area contributed by atoms with Crippen molar-refractivity contribution in [3.63, 3.8) is 0 Å². The standard InChI is InChI=1S/C12H18ClNO/c1-9(2)6-10(3)8-15-12-5-4-11(13)7-14-12/h4-5,7,9-10H,6,8H2,1-3H3. The summed E-state index contributed by atoms with van der Waals surface area (Å²) in [5, 5.41) is 0.637. The van der Waals surface area contributed by atoms with Crippen LogP contribution in [0.25, 0.3) is 0 Å². The SMILES string of the molecule is CC(C)CC(C)COc1ccc(Cl)cn1. The Morgan fingerprint density at radius 2 is 2.07 bits per heavy atom. The molecule has 0 spiro atoms. The Bertz CT molecular complexity index is 284. The smallest absolute Gasteiger partial charge is 0.213 e. The maximum atomic E-state index is 5.73. The van der Waals surface area contributed by atoms with Crippen molar-refractivity contribution in [1.29, 1.82) is 0 Å². The Hall–Kier alpha value is -0.760. The van der Waals surface area contributed by atoms with Crippen molar-refractivity contribution in [2.45, 2.75) is 27.2 Å². The molecule has 15 heavy (non-hydrogen) atoms. The summed E-state index contributed by atoms with van der Waals surface area (Å²) in [4.78, 5) is 4.08. The van der Waals surface area contributed by atoms with E-state index in [1.165, 1.54) is 6.42 Å². The third-order valence-corrected chi connectivity index (χ3v) is 2.31. The summed E-state index contributed by atoms with van der Waals surface area (Å²) < 4.78 is 5.55. The maximum Gasteiger partial charge on any atom is 0.213 e. The van der Waals surface area contributed by atoms with Crippen molar-refractivity contribution < 1.29 is 4.74 Å². The van der Waals surface area contributed by atoms with Crippen molar-refractivity contribution >= 4 is 11.6 Å². The zero-order chi connectivity index (χ0) is 11.3. The Kier molecular flexibility index (Phi) is 4.89. The van der Waals surface area contributed by atoms with Gasteiger partial charge < -0.3 is 4.74 Å². The van der Waals surface area contributed by atoms with Gasteiger partial charge in [-0.1, -0.05) is 32.4 Å². The first-order valence-electron chi connectivity index (χ1n) is 5.32. The molecule has 0 aliphatic rings. The lowest BCUT2D eigenvalue weighted by Gasteiger charge is -2.14. The lowest BCUT2D eigenvalue weighted by Crippen LogP contribution is -2.11. The number of aromatic nitrogens is 1. The van der Waals surface area contributed by atoms with Crippen LogP contribution in [0.3, 0.4) is 0 Å². The van der Waals surface area contributed by atoms with E-state index in [2.05, 4.69) is 25.8 Å². The number of rotatable bonds is 5. The van der Waals surface area contributed by atoms with Crippen molar-refractivity contribution in [3.8, 4) is 5.88 Å². The van der Waals surface area contributed by atoms with Crippen molar-refractivity contribution in [2.75, 3.05) is 6.61 Å². The highest BCUT2D eigenvalue weighted by atomic mass is 35.5. The topological polar surface area (TPSA) is 22.1 Å². The molecule has 0 saturated heterocycles. The van der Waals surface area contributed by atoms with E-state index in [0.717, 1.165) is 0 Å². The summed E-state index contributed by atoms with van der Waals surface area (Å²) >= 11 is 5.73. The first-order valence-corrected chi connectivity index (χ1v) is 5.70. The molecule has 84 valence electrons. The molecule has 1 unspecified atom stereocenters. The Balaban J connectivity index is 2.33. The minimum atomic E-state index is 0.558. The van der Waals surface area contributed by atoms with Crippen molar-refractivity contribution in [2.24, 2.45) is 11.8 Å². The number of ether oxygens (including phenoxy) is 1. The lowest BCUT2D eigenvalue weighted by molar-refractivity contribution is 0.231. The predicted octanol–water partition coefficient (Wildman–Crippen LogP) is 3.80. The van der Waals surface area contributed by atoms with Crippen LogP contribution in [0.2, 0.25) is 5.02 Å². The van der Waals surface area contributed by atoms with Crippen molar-refractivity contribution in [1.82, 2.24) is 4.98 Å². The molecule has 3 heteroatoms. The molecule has 2 nitrogen and oxygen atoms in total. The molecule has 1 aromatic heterocycles. The Morgan fingerprint density at radius 3 is 2.60 bits per heavy atom. The molecule has 0 fully saturated rings. The minimum Gasteiger partial charge on any atom is -0.477 e. The first-order chi connectivity index (χ1) is 7.08. The van der Waals surface area contributed by atoms with Gasteiger partial charge in [0.1, 0.15) is 0 Å². The molecule has 0 aliphatic carbocycles. The molecule has 0 aromatic carbocycles. The van der Waals surface area contributed by atoms with E-state index < -0.39 is 0 Å². The van der Waals surface area contributed by atoms with Crippen LogP contribution < -0.4 is 4.74 Å². The normalized spacial score (nSPS) is 12.9. The van der Waals surface area contributed by atoms with Crippen LogP contribution in [0.1, 0.15) is 27.2 Å². The number of pyridine rings is 1. The summed E-state index contributed by atoms with van der Waals surface area (Å²) in [7, 11) is 0. The highest BCUT2D eigenvalue weighted by molar-refractivity contribution is 6.30. The van der Waals surface area contributed by atoms with E-state index in [1.807, 2.05) is 0 Å². The van der Waals surface area contributed by atoms with Gasteiger partial charge in [0.25, 0.3) is 0 Å². The van der Waals surface area contributed by atoms with E-state index in [4.69, 9.17) is 16.3 Å². The van der Waals surface area contributed by atoms with Crippen LogP contribution in [0, 0.1) is 11.8 Å². The summed E-state index contributed by atoms with van der Waals surface area (Å²) in [6.07, 6.45) is 2.78. The predicted molar refractivity (Wildman–Crippen MR) is 63.4 cm³/mol. The number of nitrogens with zero attached hydrogens (tertiary/aromatic N) is 1. The molecular formula is C12H18ClNO. The highest BCUT2D eigenvalue weighted by Gasteiger charge is 2.06. The van der Waals surface area contributed by atoms with Crippen LogP contribution in [0.5, 0.6) is 5.88 Å². The Morgan fingerprint density at radius 1 is 1.33 bits per heavy atom. The molecule has 1 heterocycles. The average Bonchev–Trinajstić information content (AvgIpc) is 2.16. The monoisotopic (exact) mass is 227 g/mol. The van der Waals surface area contributed by atoms with Gasteiger partial charge in [-0.05, 0) is 24.3 Å². The number of hydrogen-bond acceptors (Lipinski definition) is 2. The van der Waals surface area contributed by atoms with Gasteiger partial charge in [0.15, 0.2) is 0 Å². The van der Waals surface area contributed by atoms with E-state index in [9.17, 15) is 0 Å². The first kappa shape index (κ1) is 12.3. The van der Waals surface area contributed by atoms with E-state index in [-0.39, 0.29) is 0 Å². The van der Waals surface area contributed by atoms with Gasteiger partial charge in [0.05, 0.1) is 11.6 Å². The van der Waals surface area contributed by atoms with Crippen molar-refractivity contribution in [3.05, 3.63) is 23.4 Å². The largest absolute Gasteiger partial charge is 0.477 e. The molecule has 0 radical (unpaired) electrons. The second-order valence-corrected chi connectivity index (χ2v) is 4.80. The molecule has 1 rings (SSSR count). The highest BCUT2D eigenvalue weighted by Crippen LogP contribution is 2.15. The molecule has 1 aromatic rings. The molecule has 0 N–H and O–H groups in total. The fraction of sp³-hybridized carbons (Fsp3) is 0.583. The second-order valence-electron chi connectivity index (χ2n) is 4.36. The van der Waals surface area contributed by atoms with Gasteiger partial charge in [-0.2, -0.15) is 0 Å². The third-order valence-electron chi connectivity index (χ3n) is 2.09. The van der Waals surface area contributed by atoms with Crippen LogP contribution in [0.15, 0.2) is 18.3 Å². The van der Waals surface area contributed by atoms with Crippen LogP contribution in [-0.4, -0.2) is 11.6 Å². The number of halogens is 1. The molecule has 0 saturated carbocycles. The average molecular weight is 228 g/mol. The summed E-state index contributed by atoms with van der Waals surface area (Å²) in [6, 6.07) is 3.58. The second kappa shape index (κ2) is 5.96. The molecule has 0 aliphatic heterocycles. The molecule has 0 bridgehead atoms.